The number of benzene rings is 1. The molecule has 0 unspecified atom stereocenters. The highest BCUT2D eigenvalue weighted by molar-refractivity contribution is 7.90. The Kier molecular flexibility index (Phi) is 4.14. The minimum absolute atomic E-state index is 0.192. The monoisotopic (exact) mass is 280 g/mol. The fourth-order valence-corrected chi connectivity index (χ4v) is 3.18. The lowest BCUT2D eigenvalue weighted by atomic mass is 10.1. The van der Waals surface area contributed by atoms with Crippen LogP contribution < -0.4 is 11.1 Å². The molecule has 19 heavy (non-hydrogen) atoms. The number of nitrogens with one attached hydrogen (secondary N) is 1. The molecule has 104 valence electrons. The van der Waals surface area contributed by atoms with Gasteiger partial charge < -0.3 is 11.1 Å². The molecule has 0 amide bonds. The molecule has 1 aromatic carbocycles. The van der Waals surface area contributed by atoms with Gasteiger partial charge >= 0.3 is 0 Å². The van der Waals surface area contributed by atoms with E-state index < -0.39 is 9.84 Å². The first-order chi connectivity index (χ1) is 8.98. The maximum absolute atomic E-state index is 11.6. The Labute approximate surface area is 114 Å². The van der Waals surface area contributed by atoms with Crippen LogP contribution in [0.2, 0.25) is 0 Å². The van der Waals surface area contributed by atoms with E-state index >= 15 is 0 Å². The molecular formula is C14H20N2O2S. The summed E-state index contributed by atoms with van der Waals surface area (Å²) in [4.78, 5) is 0.192. The standard InChI is InChI=1S/C14H20N2O2S/c1-19(17,18)13-8-4-7-12(14(13)15)16-10-9-11-5-2-3-6-11/h4-5,7-8,16H,2-3,6,9-10,15H2,1H3. The summed E-state index contributed by atoms with van der Waals surface area (Å²) in [6.45, 7) is 0.781. The molecule has 0 fully saturated rings. The predicted molar refractivity (Wildman–Crippen MR) is 79.0 cm³/mol. The number of nitrogens with two attached hydrogens (primary N) is 1. The van der Waals surface area contributed by atoms with E-state index in [0.29, 0.717) is 11.4 Å². The Balaban J connectivity index is 2.04. The van der Waals surface area contributed by atoms with Crippen LogP contribution in [0.3, 0.4) is 0 Å². The quantitative estimate of drug-likeness (QED) is 0.642. The highest BCUT2D eigenvalue weighted by Crippen LogP contribution is 2.27. The maximum Gasteiger partial charge on any atom is 0.177 e. The third kappa shape index (κ3) is 3.50. The van der Waals surface area contributed by atoms with E-state index in [4.69, 9.17) is 5.73 Å². The van der Waals surface area contributed by atoms with Gasteiger partial charge in [0.15, 0.2) is 9.84 Å². The number of anilines is 2. The van der Waals surface area contributed by atoms with Crippen LogP contribution in [0, 0.1) is 0 Å². The van der Waals surface area contributed by atoms with E-state index in [1.165, 1.54) is 37.2 Å². The Morgan fingerprint density at radius 2 is 2.16 bits per heavy atom. The van der Waals surface area contributed by atoms with Crippen molar-refractivity contribution in [3.63, 3.8) is 0 Å². The highest BCUT2D eigenvalue weighted by Gasteiger charge is 2.14. The van der Waals surface area contributed by atoms with Crippen molar-refractivity contribution >= 4 is 21.2 Å². The Morgan fingerprint density at radius 1 is 1.37 bits per heavy atom. The summed E-state index contributed by atoms with van der Waals surface area (Å²) in [5.41, 5.74) is 8.39. The Hall–Kier alpha value is -1.49. The van der Waals surface area contributed by atoms with Gasteiger partial charge in [0.05, 0.1) is 16.3 Å². The Bertz CT molecular complexity index is 591. The van der Waals surface area contributed by atoms with Gasteiger partial charge in [0.25, 0.3) is 0 Å². The van der Waals surface area contributed by atoms with Crippen LogP contribution in [-0.2, 0) is 9.84 Å². The predicted octanol–water partition coefficient (Wildman–Crippen LogP) is 2.58. The summed E-state index contributed by atoms with van der Waals surface area (Å²) < 4.78 is 23.1. The summed E-state index contributed by atoms with van der Waals surface area (Å²) in [6.07, 6.45) is 8.06. The van der Waals surface area contributed by atoms with Crippen LogP contribution in [0.15, 0.2) is 34.7 Å². The number of allylic oxidation sites excluding steroid dienone is 1. The lowest BCUT2D eigenvalue weighted by Crippen LogP contribution is -2.08. The second kappa shape index (κ2) is 5.65. The van der Waals surface area contributed by atoms with Crippen molar-refractivity contribution < 1.29 is 8.42 Å². The molecule has 1 aliphatic rings. The van der Waals surface area contributed by atoms with Gasteiger partial charge in [0, 0.05) is 12.8 Å². The summed E-state index contributed by atoms with van der Waals surface area (Å²) >= 11 is 0. The second-order valence-electron chi connectivity index (χ2n) is 4.92. The van der Waals surface area contributed by atoms with Gasteiger partial charge in [-0.25, -0.2) is 8.42 Å². The van der Waals surface area contributed by atoms with Crippen LogP contribution in [-0.4, -0.2) is 21.2 Å². The molecule has 0 saturated heterocycles. The molecule has 4 nitrogen and oxygen atoms in total. The fourth-order valence-electron chi connectivity index (χ4n) is 2.34. The molecule has 0 saturated carbocycles. The average molecular weight is 280 g/mol. The van der Waals surface area contributed by atoms with Gasteiger partial charge in [-0.1, -0.05) is 17.7 Å². The third-order valence-corrected chi connectivity index (χ3v) is 4.52. The minimum atomic E-state index is -3.27. The largest absolute Gasteiger partial charge is 0.396 e. The first kappa shape index (κ1) is 13.9. The second-order valence-corrected chi connectivity index (χ2v) is 6.91. The van der Waals surface area contributed by atoms with Gasteiger partial charge in [-0.3, -0.25) is 0 Å². The topological polar surface area (TPSA) is 72.2 Å². The van der Waals surface area contributed by atoms with Crippen molar-refractivity contribution in [1.29, 1.82) is 0 Å². The first-order valence-electron chi connectivity index (χ1n) is 6.49. The maximum atomic E-state index is 11.6. The number of hydrogen-bond donors (Lipinski definition) is 2. The Morgan fingerprint density at radius 3 is 2.79 bits per heavy atom. The van der Waals surface area contributed by atoms with Crippen molar-refractivity contribution in [2.75, 3.05) is 23.9 Å². The summed E-state index contributed by atoms with van der Waals surface area (Å²) in [6, 6.07) is 5.06. The van der Waals surface area contributed by atoms with Gasteiger partial charge in [-0.2, -0.15) is 0 Å². The number of sulfone groups is 1. The van der Waals surface area contributed by atoms with Crippen LogP contribution >= 0.6 is 0 Å². The zero-order valence-corrected chi connectivity index (χ0v) is 12.0. The SMILES string of the molecule is CS(=O)(=O)c1cccc(NCCC2=CCCC2)c1N. The summed E-state index contributed by atoms with van der Waals surface area (Å²) in [5.74, 6) is 0. The molecule has 5 heteroatoms. The molecule has 0 heterocycles. The third-order valence-electron chi connectivity index (χ3n) is 3.36. The molecule has 0 bridgehead atoms. The zero-order chi connectivity index (χ0) is 13.9. The van der Waals surface area contributed by atoms with Gasteiger partial charge in [0.1, 0.15) is 0 Å². The lowest BCUT2D eigenvalue weighted by Gasteiger charge is -2.12. The van der Waals surface area contributed by atoms with E-state index in [1.54, 1.807) is 6.07 Å². The van der Waals surface area contributed by atoms with Gasteiger partial charge in [-0.05, 0) is 37.8 Å². The normalized spacial score (nSPS) is 15.3. The van der Waals surface area contributed by atoms with Gasteiger partial charge in [0.2, 0.25) is 0 Å². The van der Waals surface area contributed by atoms with Crippen LogP contribution in [0.25, 0.3) is 0 Å². The molecule has 0 atom stereocenters. The molecule has 3 N–H and O–H groups in total. The molecule has 2 rings (SSSR count). The number of nitrogen functional groups attached to an aromatic ring is 1. The van der Waals surface area contributed by atoms with Crippen LogP contribution in [0.1, 0.15) is 25.7 Å². The lowest BCUT2D eigenvalue weighted by molar-refractivity contribution is 0.602. The molecule has 0 aromatic heterocycles. The average Bonchev–Trinajstić information content (AvgIpc) is 2.83. The van der Waals surface area contributed by atoms with Crippen molar-refractivity contribution in [3.05, 3.63) is 29.8 Å². The number of para-hydroxylation sites is 1. The molecular weight excluding hydrogens is 260 g/mol. The molecule has 1 aromatic rings. The van der Waals surface area contributed by atoms with Crippen LogP contribution in [0.5, 0.6) is 0 Å². The molecule has 0 radical (unpaired) electrons. The van der Waals surface area contributed by atoms with E-state index in [2.05, 4.69) is 11.4 Å². The minimum Gasteiger partial charge on any atom is -0.396 e. The van der Waals surface area contributed by atoms with Crippen molar-refractivity contribution in [2.45, 2.75) is 30.6 Å². The zero-order valence-electron chi connectivity index (χ0n) is 11.1. The van der Waals surface area contributed by atoms with Gasteiger partial charge in [-0.15, -0.1) is 0 Å². The van der Waals surface area contributed by atoms with Crippen molar-refractivity contribution in [3.8, 4) is 0 Å². The van der Waals surface area contributed by atoms with E-state index in [1.807, 2.05) is 6.07 Å². The van der Waals surface area contributed by atoms with E-state index in [0.717, 1.165) is 13.0 Å². The van der Waals surface area contributed by atoms with Crippen molar-refractivity contribution in [1.82, 2.24) is 0 Å². The highest BCUT2D eigenvalue weighted by atomic mass is 32.2. The fraction of sp³-hybridized carbons (Fsp3) is 0.429. The molecule has 1 aliphatic carbocycles. The van der Waals surface area contributed by atoms with Crippen molar-refractivity contribution in [2.24, 2.45) is 0 Å². The van der Waals surface area contributed by atoms with Crippen LogP contribution in [0.4, 0.5) is 11.4 Å². The molecule has 0 spiro atoms. The first-order valence-corrected chi connectivity index (χ1v) is 8.38. The number of hydrogen-bond acceptors (Lipinski definition) is 4. The summed E-state index contributed by atoms with van der Waals surface area (Å²) in [7, 11) is -3.27. The summed E-state index contributed by atoms with van der Waals surface area (Å²) in [5, 5.41) is 3.22. The van der Waals surface area contributed by atoms with E-state index in [9.17, 15) is 8.42 Å². The van der Waals surface area contributed by atoms with E-state index in [-0.39, 0.29) is 4.90 Å². The smallest absolute Gasteiger partial charge is 0.177 e. The molecule has 0 aliphatic heterocycles. The number of rotatable bonds is 5.